The second kappa shape index (κ2) is 10.4. The maximum atomic E-state index is 13.9. The number of halogens is 3. The molecule has 0 aromatic carbocycles. The van der Waals surface area contributed by atoms with E-state index in [0.29, 0.717) is 0 Å². The highest BCUT2D eigenvalue weighted by Crippen LogP contribution is 2.54. The molecular formula is C26H33F3N8O5. The first-order chi connectivity index (χ1) is 19.6. The van der Waals surface area contributed by atoms with Crippen LogP contribution < -0.4 is 21.7 Å². The van der Waals surface area contributed by atoms with E-state index in [2.05, 4.69) is 20.7 Å². The fraction of sp³-hybridized carbons (Fsp3) is 0.654. The Kier molecular flexibility index (Phi) is 7.29. The molecule has 2 aliphatic carbocycles. The zero-order valence-electron chi connectivity index (χ0n) is 23.2. The fourth-order valence-electron chi connectivity index (χ4n) is 6.78. The number of allylic oxidation sites excluding steroid dienone is 2. The summed E-state index contributed by atoms with van der Waals surface area (Å²) in [7, 11) is 0. The molecule has 5 N–H and O–H groups in total. The highest BCUT2D eigenvalue weighted by Gasteiger charge is 2.59. The highest BCUT2D eigenvalue weighted by atomic mass is 19.4. The van der Waals surface area contributed by atoms with Crippen molar-refractivity contribution in [2.45, 2.75) is 64.5 Å². The topological polar surface area (TPSA) is 181 Å². The van der Waals surface area contributed by atoms with Gasteiger partial charge in [-0.25, -0.2) is 4.68 Å². The Labute approximate surface area is 238 Å². The lowest BCUT2D eigenvalue weighted by Gasteiger charge is -2.37. The minimum absolute atomic E-state index is 0.0479. The number of alkyl halides is 3. The summed E-state index contributed by atoms with van der Waals surface area (Å²) in [6, 6.07) is -3.99. The van der Waals surface area contributed by atoms with E-state index in [4.69, 9.17) is 5.73 Å². The van der Waals surface area contributed by atoms with Crippen molar-refractivity contribution in [2.75, 3.05) is 11.9 Å². The van der Waals surface area contributed by atoms with Crippen molar-refractivity contribution in [1.82, 2.24) is 30.3 Å². The molecule has 2 aliphatic heterocycles. The molecule has 42 heavy (non-hydrogen) atoms. The van der Waals surface area contributed by atoms with Crippen LogP contribution in [0.3, 0.4) is 0 Å². The number of nitrogens with zero attached hydrogens (tertiary/aromatic N) is 4. The van der Waals surface area contributed by atoms with Gasteiger partial charge in [0.25, 0.3) is 0 Å². The lowest BCUT2D eigenvalue weighted by Crippen LogP contribution is -2.61. The van der Waals surface area contributed by atoms with E-state index < -0.39 is 65.2 Å². The van der Waals surface area contributed by atoms with Crippen molar-refractivity contribution < 1.29 is 37.1 Å². The number of carbonyl (C=O) groups is 5. The van der Waals surface area contributed by atoms with E-state index in [1.54, 1.807) is 0 Å². The number of amides is 5. The van der Waals surface area contributed by atoms with Gasteiger partial charge < -0.3 is 21.3 Å². The molecule has 8 atom stereocenters. The molecule has 228 valence electrons. The van der Waals surface area contributed by atoms with E-state index in [9.17, 15) is 37.1 Å². The van der Waals surface area contributed by atoms with E-state index in [0.717, 1.165) is 6.42 Å². The minimum Gasteiger partial charge on any atom is -0.368 e. The third kappa shape index (κ3) is 5.33. The summed E-state index contributed by atoms with van der Waals surface area (Å²) in [6.07, 6.45) is 0.668. The van der Waals surface area contributed by atoms with Gasteiger partial charge in [-0.15, -0.1) is 0 Å². The van der Waals surface area contributed by atoms with Gasteiger partial charge in [0, 0.05) is 6.54 Å². The number of aromatic nitrogens is 3. The number of carbonyl (C=O) groups excluding carboxylic acids is 5. The molecule has 1 aromatic heterocycles. The zero-order chi connectivity index (χ0) is 30.7. The molecule has 0 spiro atoms. The molecule has 3 heterocycles. The standard InChI is InChI=1S/C26H33F3N8O5/c1-25(2,3)18(34-23(42)26(27,28)29)22(41)36-9-14-11-4-5-12(6-11)16(14)17(36)21(40)33-15(19(30)38)7-13-8-37-24(31-10-32-37)35-20(13)39/h4-5,10-18H,6-9H2,1-3H3,(H2,30,38)(H,33,40)(H,34,42)(H,31,32,35,39)/t11-,12+,13?,14-,15+,16+,17+,18-/m1/s1. The minimum atomic E-state index is -5.21. The third-order valence-corrected chi connectivity index (χ3v) is 8.79. The van der Waals surface area contributed by atoms with Crippen LogP contribution in [-0.4, -0.2) is 80.0 Å². The second-order valence-electron chi connectivity index (χ2n) is 12.5. The van der Waals surface area contributed by atoms with Gasteiger partial charge in [0.05, 0.1) is 12.5 Å². The number of rotatable bonds is 7. The van der Waals surface area contributed by atoms with Gasteiger partial charge >= 0.3 is 12.1 Å². The zero-order valence-corrected chi connectivity index (χ0v) is 23.2. The SMILES string of the molecule is CC(C)(C)[C@H](NC(=O)C(F)(F)F)C(=O)N1C[C@H]2[C@@H]([C@H]1C(=O)N[C@@H](CC1Cn3ncnc3NC1=O)C(N)=O)[C@H]1C=C[C@@H]2C1. The van der Waals surface area contributed by atoms with E-state index in [1.807, 2.05) is 17.5 Å². The Balaban J connectivity index is 1.39. The first-order valence-corrected chi connectivity index (χ1v) is 13.7. The summed E-state index contributed by atoms with van der Waals surface area (Å²) < 4.78 is 40.9. The van der Waals surface area contributed by atoms with Crippen LogP contribution in [0.4, 0.5) is 19.1 Å². The van der Waals surface area contributed by atoms with Crippen LogP contribution in [0.2, 0.25) is 0 Å². The summed E-state index contributed by atoms with van der Waals surface area (Å²) >= 11 is 0. The van der Waals surface area contributed by atoms with Crippen LogP contribution in [0.15, 0.2) is 18.5 Å². The summed E-state index contributed by atoms with van der Waals surface area (Å²) in [6.45, 7) is 4.75. The van der Waals surface area contributed by atoms with Gasteiger partial charge in [-0.3, -0.25) is 29.3 Å². The van der Waals surface area contributed by atoms with Crippen LogP contribution >= 0.6 is 0 Å². The summed E-state index contributed by atoms with van der Waals surface area (Å²) in [5.74, 6) is -6.07. The molecule has 0 radical (unpaired) electrons. The monoisotopic (exact) mass is 594 g/mol. The van der Waals surface area contributed by atoms with Crippen LogP contribution in [0, 0.1) is 35.0 Å². The van der Waals surface area contributed by atoms with Crippen molar-refractivity contribution in [3.05, 3.63) is 18.5 Å². The van der Waals surface area contributed by atoms with Crippen LogP contribution in [0.5, 0.6) is 0 Å². The predicted molar refractivity (Wildman–Crippen MR) is 139 cm³/mol. The van der Waals surface area contributed by atoms with Crippen molar-refractivity contribution in [1.29, 1.82) is 0 Å². The van der Waals surface area contributed by atoms with Crippen LogP contribution in [-0.2, 0) is 30.5 Å². The number of anilines is 1. The molecular weight excluding hydrogens is 561 g/mol. The normalized spacial score (nSPS) is 29.4. The molecule has 4 aliphatic rings. The lowest BCUT2D eigenvalue weighted by atomic mass is 9.81. The number of hydrogen-bond donors (Lipinski definition) is 4. The van der Waals surface area contributed by atoms with Gasteiger partial charge in [0.2, 0.25) is 29.6 Å². The number of hydrogen-bond acceptors (Lipinski definition) is 7. The number of nitrogens with two attached hydrogens (primary N) is 1. The van der Waals surface area contributed by atoms with Gasteiger partial charge in [-0.05, 0) is 41.9 Å². The number of likely N-dealkylation sites (tertiary alicyclic amines) is 1. The molecule has 5 amide bonds. The summed E-state index contributed by atoms with van der Waals surface area (Å²) in [4.78, 5) is 69.9. The lowest BCUT2D eigenvalue weighted by molar-refractivity contribution is -0.176. The third-order valence-electron chi connectivity index (χ3n) is 8.79. The summed E-state index contributed by atoms with van der Waals surface area (Å²) in [5, 5.41) is 11.0. The second-order valence-corrected chi connectivity index (χ2v) is 12.5. The number of fused-ring (bicyclic) bond motifs is 6. The Morgan fingerprint density at radius 1 is 1.12 bits per heavy atom. The first kappa shape index (κ1) is 29.5. The number of primary amides is 1. The van der Waals surface area contributed by atoms with Crippen LogP contribution in [0.25, 0.3) is 0 Å². The Morgan fingerprint density at radius 3 is 2.45 bits per heavy atom. The largest absolute Gasteiger partial charge is 0.471 e. The molecule has 1 saturated carbocycles. The molecule has 2 fully saturated rings. The Bertz CT molecular complexity index is 1340. The quantitative estimate of drug-likeness (QED) is 0.319. The van der Waals surface area contributed by atoms with Gasteiger partial charge in [0.1, 0.15) is 24.5 Å². The average molecular weight is 595 g/mol. The highest BCUT2D eigenvalue weighted by molar-refractivity contribution is 5.96. The molecule has 13 nitrogen and oxygen atoms in total. The van der Waals surface area contributed by atoms with Gasteiger partial charge in [0.15, 0.2) is 0 Å². The molecule has 1 aromatic rings. The average Bonchev–Trinajstić information content (AvgIpc) is 3.66. The molecule has 16 heteroatoms. The smallest absolute Gasteiger partial charge is 0.368 e. The van der Waals surface area contributed by atoms with Gasteiger partial charge in [-0.2, -0.15) is 23.3 Å². The van der Waals surface area contributed by atoms with Crippen molar-refractivity contribution in [2.24, 2.45) is 40.7 Å². The fourth-order valence-corrected chi connectivity index (χ4v) is 6.78. The molecule has 2 bridgehead atoms. The van der Waals surface area contributed by atoms with Gasteiger partial charge in [-0.1, -0.05) is 32.9 Å². The molecule has 1 saturated heterocycles. The first-order valence-electron chi connectivity index (χ1n) is 13.7. The van der Waals surface area contributed by atoms with Crippen molar-refractivity contribution in [3.8, 4) is 0 Å². The molecule has 1 unspecified atom stereocenters. The molecule has 5 rings (SSSR count). The van der Waals surface area contributed by atoms with Crippen molar-refractivity contribution >= 4 is 35.5 Å². The Morgan fingerprint density at radius 2 is 1.81 bits per heavy atom. The Hall–Kier alpha value is -3.98. The number of nitrogens with one attached hydrogen (secondary N) is 3. The maximum absolute atomic E-state index is 13.9. The van der Waals surface area contributed by atoms with Crippen molar-refractivity contribution in [3.63, 3.8) is 0 Å². The predicted octanol–water partition coefficient (Wildman–Crippen LogP) is -0.0511. The van der Waals surface area contributed by atoms with E-state index >= 15 is 0 Å². The summed E-state index contributed by atoms with van der Waals surface area (Å²) in [5.41, 5.74) is 4.49. The van der Waals surface area contributed by atoms with E-state index in [-0.39, 0.29) is 49.1 Å². The van der Waals surface area contributed by atoms with E-state index in [1.165, 1.54) is 36.7 Å². The van der Waals surface area contributed by atoms with Crippen LogP contribution in [0.1, 0.15) is 33.6 Å². The maximum Gasteiger partial charge on any atom is 0.471 e.